The molecule has 4 heteroatoms. The second-order valence-electron chi connectivity index (χ2n) is 8.04. The molecule has 2 aromatic carbocycles. The van der Waals surface area contributed by atoms with E-state index in [1.165, 1.54) is 16.8 Å². The maximum Gasteiger partial charge on any atom is 0.207 e. The molecule has 0 fully saturated rings. The van der Waals surface area contributed by atoms with Crippen molar-refractivity contribution in [2.45, 2.75) is 46.1 Å². The third-order valence-corrected chi connectivity index (χ3v) is 5.65. The molecule has 0 saturated carbocycles. The van der Waals surface area contributed by atoms with Crippen molar-refractivity contribution in [2.75, 3.05) is 0 Å². The highest BCUT2D eigenvalue weighted by molar-refractivity contribution is 5.69. The van der Waals surface area contributed by atoms with Crippen LogP contribution in [0.25, 0.3) is 11.3 Å². The maximum absolute atomic E-state index is 10.1. The average Bonchev–Trinajstić information content (AvgIpc) is 3.02. The van der Waals surface area contributed by atoms with Gasteiger partial charge in [-0.3, -0.25) is 4.79 Å². The number of para-hydroxylation sites is 1. The normalized spacial score (nSPS) is 13.4. The molecule has 4 nitrogen and oxygen atoms in total. The van der Waals surface area contributed by atoms with Crippen LogP contribution in [0.15, 0.2) is 91.0 Å². The van der Waals surface area contributed by atoms with Crippen molar-refractivity contribution in [3.8, 4) is 5.69 Å². The minimum absolute atomic E-state index is 0.105. The molecule has 0 aliphatic heterocycles. The highest BCUT2D eigenvalue weighted by Crippen LogP contribution is 2.27. The van der Waals surface area contributed by atoms with Gasteiger partial charge in [0, 0.05) is 5.69 Å². The fourth-order valence-electron chi connectivity index (χ4n) is 3.84. The van der Waals surface area contributed by atoms with Gasteiger partial charge in [0.2, 0.25) is 6.41 Å². The molecule has 1 N–H and O–H groups in total. The van der Waals surface area contributed by atoms with Crippen LogP contribution in [0.4, 0.5) is 0 Å². The van der Waals surface area contributed by atoms with Gasteiger partial charge in [0.15, 0.2) is 0 Å². The zero-order valence-electron chi connectivity index (χ0n) is 19.7. The summed E-state index contributed by atoms with van der Waals surface area (Å²) in [7, 11) is 0. The number of amides is 1. The zero-order chi connectivity index (χ0) is 23.5. The Morgan fingerprint density at radius 1 is 1.03 bits per heavy atom. The lowest BCUT2D eigenvalue weighted by atomic mass is 10.0. The van der Waals surface area contributed by atoms with Crippen LogP contribution in [0, 0.1) is 6.92 Å². The van der Waals surface area contributed by atoms with E-state index in [1.54, 1.807) is 0 Å². The molecule has 1 aliphatic carbocycles. The highest BCUT2D eigenvalue weighted by atomic mass is 16.1. The monoisotopic (exact) mass is 439 g/mol. The zero-order valence-corrected chi connectivity index (χ0v) is 19.7. The smallest absolute Gasteiger partial charge is 0.207 e. The fraction of sp³-hybridized carbons (Fsp3) is 0.241. The Labute approximate surface area is 197 Å². The number of hydrogen-bond donors (Lipinski definition) is 1. The molecule has 4 rings (SSSR count). The molecule has 1 unspecified atom stereocenters. The summed E-state index contributed by atoms with van der Waals surface area (Å²) in [4.78, 5) is 10.1. The molecule has 3 aromatic rings. The van der Waals surface area contributed by atoms with Gasteiger partial charge in [0.1, 0.15) is 0 Å². The van der Waals surface area contributed by atoms with Gasteiger partial charge in [0.05, 0.1) is 17.4 Å². The predicted octanol–water partition coefficient (Wildman–Crippen LogP) is 6.53. The van der Waals surface area contributed by atoms with E-state index in [0.717, 1.165) is 42.6 Å². The van der Waals surface area contributed by atoms with Crippen LogP contribution in [0.2, 0.25) is 0 Å². The van der Waals surface area contributed by atoms with Crippen molar-refractivity contribution in [1.29, 1.82) is 0 Å². The van der Waals surface area contributed by atoms with Gasteiger partial charge in [-0.1, -0.05) is 92.3 Å². The van der Waals surface area contributed by atoms with Gasteiger partial charge in [-0.05, 0) is 55.5 Å². The summed E-state index contributed by atoms with van der Waals surface area (Å²) in [5, 5.41) is 7.63. The van der Waals surface area contributed by atoms with E-state index in [1.807, 2.05) is 43.3 Å². The number of carbonyl (C=O) groups excluding carboxylic acids is 1. The highest BCUT2D eigenvalue weighted by Gasteiger charge is 2.17. The predicted molar refractivity (Wildman–Crippen MR) is 137 cm³/mol. The number of aromatic nitrogens is 2. The molecule has 1 atom stereocenters. The minimum Gasteiger partial charge on any atom is -0.352 e. The summed E-state index contributed by atoms with van der Waals surface area (Å²) in [5.41, 5.74) is 7.31. The van der Waals surface area contributed by atoms with Crippen LogP contribution in [-0.4, -0.2) is 16.2 Å². The summed E-state index contributed by atoms with van der Waals surface area (Å²) in [6, 6.07) is 20.4. The molecule has 0 saturated heterocycles. The Balaban J connectivity index is 0.000000235. The maximum atomic E-state index is 10.1. The second-order valence-corrected chi connectivity index (χ2v) is 8.04. The van der Waals surface area contributed by atoms with E-state index in [4.69, 9.17) is 5.10 Å². The number of carbonyl (C=O) groups is 1. The Bertz CT molecular complexity index is 1110. The van der Waals surface area contributed by atoms with Crippen LogP contribution in [0.5, 0.6) is 0 Å². The van der Waals surface area contributed by atoms with E-state index < -0.39 is 0 Å². The molecule has 1 amide bonds. The van der Waals surface area contributed by atoms with Gasteiger partial charge < -0.3 is 5.32 Å². The standard InChI is InChI=1S/C20H22N2.C9H11NO/c1-3-11-19-16(2)20(17-12-7-4-5-8-13-17)21-22(19)18-14-9-6-10-15-18;1-8(10-7-11)9-5-3-2-4-6-9/h4-10,12,14-15H,3,11,13H2,1-2H3;2-8H,1H3,(H,10,11). The minimum atomic E-state index is 0.105. The molecule has 1 heterocycles. The molecule has 0 radical (unpaired) electrons. The van der Waals surface area contributed by atoms with Crippen molar-refractivity contribution in [3.63, 3.8) is 0 Å². The van der Waals surface area contributed by atoms with Gasteiger partial charge in [-0.15, -0.1) is 0 Å². The lowest BCUT2D eigenvalue weighted by Crippen LogP contribution is -2.15. The third kappa shape index (κ3) is 6.42. The van der Waals surface area contributed by atoms with E-state index in [9.17, 15) is 4.79 Å². The lowest BCUT2D eigenvalue weighted by Gasteiger charge is -2.08. The van der Waals surface area contributed by atoms with Crippen molar-refractivity contribution in [2.24, 2.45) is 0 Å². The Kier molecular flexibility index (Phi) is 9.01. The first kappa shape index (κ1) is 24.0. The van der Waals surface area contributed by atoms with Crippen LogP contribution < -0.4 is 5.32 Å². The summed E-state index contributed by atoms with van der Waals surface area (Å²) in [5.74, 6) is 0. The van der Waals surface area contributed by atoms with E-state index >= 15 is 0 Å². The molecule has 33 heavy (non-hydrogen) atoms. The summed E-state index contributed by atoms with van der Waals surface area (Å²) in [6.07, 6.45) is 14.5. The quantitative estimate of drug-likeness (QED) is 0.426. The van der Waals surface area contributed by atoms with Crippen molar-refractivity contribution >= 4 is 12.0 Å². The van der Waals surface area contributed by atoms with Crippen LogP contribution in [0.3, 0.4) is 0 Å². The molecule has 0 bridgehead atoms. The average molecular weight is 440 g/mol. The van der Waals surface area contributed by atoms with Crippen LogP contribution >= 0.6 is 0 Å². The third-order valence-electron chi connectivity index (χ3n) is 5.65. The van der Waals surface area contributed by atoms with E-state index in [0.29, 0.717) is 0 Å². The molecule has 1 aromatic heterocycles. The van der Waals surface area contributed by atoms with E-state index in [2.05, 4.69) is 78.5 Å². The van der Waals surface area contributed by atoms with Gasteiger partial charge >= 0.3 is 0 Å². The number of nitrogens with one attached hydrogen (secondary N) is 1. The molecule has 170 valence electrons. The van der Waals surface area contributed by atoms with Crippen LogP contribution in [-0.2, 0) is 11.2 Å². The topological polar surface area (TPSA) is 46.9 Å². The molecule has 1 aliphatic rings. The first-order chi connectivity index (χ1) is 16.2. The fourth-order valence-corrected chi connectivity index (χ4v) is 3.84. The van der Waals surface area contributed by atoms with E-state index in [-0.39, 0.29) is 6.04 Å². The van der Waals surface area contributed by atoms with Crippen molar-refractivity contribution in [1.82, 2.24) is 15.1 Å². The van der Waals surface area contributed by atoms with Crippen molar-refractivity contribution < 1.29 is 4.79 Å². The number of benzene rings is 2. The number of rotatable bonds is 7. The second kappa shape index (κ2) is 12.4. The van der Waals surface area contributed by atoms with Gasteiger partial charge in [-0.2, -0.15) is 5.10 Å². The number of nitrogens with zero attached hydrogens (tertiary/aromatic N) is 2. The molecular formula is C29H33N3O. The lowest BCUT2D eigenvalue weighted by molar-refractivity contribution is -0.110. The van der Waals surface area contributed by atoms with Crippen LogP contribution in [0.1, 0.15) is 55.2 Å². The largest absolute Gasteiger partial charge is 0.352 e. The van der Waals surface area contributed by atoms with Crippen molar-refractivity contribution in [3.05, 3.63) is 114 Å². The number of hydrogen-bond acceptors (Lipinski definition) is 2. The Morgan fingerprint density at radius 2 is 1.73 bits per heavy atom. The van der Waals surface area contributed by atoms with Gasteiger partial charge in [-0.25, -0.2) is 4.68 Å². The molecule has 0 spiro atoms. The summed E-state index contributed by atoms with van der Waals surface area (Å²) in [6.45, 7) is 6.37. The Morgan fingerprint density at radius 3 is 2.39 bits per heavy atom. The number of allylic oxidation sites excluding steroid dienone is 6. The molecular weight excluding hydrogens is 406 g/mol. The van der Waals surface area contributed by atoms with Gasteiger partial charge in [0.25, 0.3) is 0 Å². The first-order valence-electron chi connectivity index (χ1n) is 11.6. The summed E-state index contributed by atoms with van der Waals surface area (Å²) >= 11 is 0. The Hall–Kier alpha value is -3.66. The summed E-state index contributed by atoms with van der Waals surface area (Å²) < 4.78 is 2.12. The SMILES string of the molecule is CC(NC=O)c1ccccc1.CCCc1c(C)c(C2=CC=CC=CC2)nn1-c1ccccc1. The first-order valence-corrected chi connectivity index (χ1v) is 11.6.